The summed E-state index contributed by atoms with van der Waals surface area (Å²) in [4.78, 5) is 24.9. The van der Waals surface area contributed by atoms with Crippen LogP contribution in [0, 0.1) is 0 Å². The van der Waals surface area contributed by atoms with Crippen LogP contribution in [-0.4, -0.2) is 47.0 Å². The summed E-state index contributed by atoms with van der Waals surface area (Å²) in [7, 11) is 0. The molecule has 1 aromatic carbocycles. The SMILES string of the molecule is NC(C(=O)N1CCN(c2ncccn2)CC1)c1ccccc1. The zero-order chi connectivity index (χ0) is 15.4. The number of piperazine rings is 1. The van der Waals surface area contributed by atoms with Crippen LogP contribution in [0.2, 0.25) is 0 Å². The molecule has 0 aliphatic carbocycles. The number of nitrogens with zero attached hydrogens (tertiary/aromatic N) is 4. The Balaban J connectivity index is 1.60. The van der Waals surface area contributed by atoms with E-state index in [0.717, 1.165) is 18.7 Å². The number of benzene rings is 1. The number of carbonyl (C=O) groups excluding carboxylic acids is 1. The lowest BCUT2D eigenvalue weighted by Crippen LogP contribution is -2.51. The number of rotatable bonds is 3. The number of aromatic nitrogens is 2. The van der Waals surface area contributed by atoms with Gasteiger partial charge in [0.25, 0.3) is 0 Å². The van der Waals surface area contributed by atoms with E-state index in [1.807, 2.05) is 35.2 Å². The Kier molecular flexibility index (Phi) is 4.29. The lowest BCUT2D eigenvalue weighted by Gasteiger charge is -2.35. The van der Waals surface area contributed by atoms with Crippen molar-refractivity contribution in [2.75, 3.05) is 31.1 Å². The molecule has 0 radical (unpaired) electrons. The molecule has 22 heavy (non-hydrogen) atoms. The molecule has 1 aromatic heterocycles. The first kappa shape index (κ1) is 14.5. The van der Waals surface area contributed by atoms with Crippen molar-refractivity contribution in [2.24, 2.45) is 5.73 Å². The third kappa shape index (κ3) is 3.07. The fourth-order valence-corrected chi connectivity index (χ4v) is 2.58. The Morgan fingerprint density at radius 3 is 2.27 bits per heavy atom. The molecular formula is C16H19N5O. The number of amides is 1. The van der Waals surface area contributed by atoms with Gasteiger partial charge in [0.05, 0.1) is 0 Å². The Morgan fingerprint density at radius 2 is 1.64 bits per heavy atom. The van der Waals surface area contributed by atoms with Gasteiger partial charge in [-0.1, -0.05) is 30.3 Å². The van der Waals surface area contributed by atoms with E-state index in [4.69, 9.17) is 5.73 Å². The molecule has 6 nitrogen and oxygen atoms in total. The van der Waals surface area contributed by atoms with Gasteiger partial charge in [-0.3, -0.25) is 4.79 Å². The lowest BCUT2D eigenvalue weighted by molar-refractivity contribution is -0.133. The second-order valence-electron chi connectivity index (χ2n) is 5.25. The summed E-state index contributed by atoms with van der Waals surface area (Å²) < 4.78 is 0. The number of nitrogens with two attached hydrogens (primary N) is 1. The van der Waals surface area contributed by atoms with E-state index in [0.29, 0.717) is 19.0 Å². The zero-order valence-corrected chi connectivity index (χ0v) is 12.3. The first-order valence-electron chi connectivity index (χ1n) is 7.37. The van der Waals surface area contributed by atoms with Crippen LogP contribution in [0.5, 0.6) is 0 Å². The Hall–Kier alpha value is -2.47. The largest absolute Gasteiger partial charge is 0.337 e. The molecule has 1 amide bonds. The molecule has 114 valence electrons. The summed E-state index contributed by atoms with van der Waals surface area (Å²) >= 11 is 0. The average molecular weight is 297 g/mol. The molecular weight excluding hydrogens is 278 g/mol. The topological polar surface area (TPSA) is 75.4 Å². The summed E-state index contributed by atoms with van der Waals surface area (Å²) in [5.74, 6) is 0.682. The quantitative estimate of drug-likeness (QED) is 0.908. The monoisotopic (exact) mass is 297 g/mol. The minimum atomic E-state index is -0.597. The molecule has 6 heteroatoms. The predicted octanol–water partition coefficient (Wildman–Crippen LogP) is 0.825. The second kappa shape index (κ2) is 6.53. The van der Waals surface area contributed by atoms with Crippen molar-refractivity contribution >= 4 is 11.9 Å². The summed E-state index contributed by atoms with van der Waals surface area (Å²) in [6.45, 7) is 2.71. The number of carbonyl (C=O) groups is 1. The molecule has 1 aliphatic heterocycles. The lowest BCUT2D eigenvalue weighted by atomic mass is 10.1. The van der Waals surface area contributed by atoms with Crippen molar-refractivity contribution in [1.82, 2.24) is 14.9 Å². The zero-order valence-electron chi connectivity index (χ0n) is 12.3. The summed E-state index contributed by atoms with van der Waals surface area (Å²) in [6.07, 6.45) is 3.45. The van der Waals surface area contributed by atoms with Crippen LogP contribution >= 0.6 is 0 Å². The molecule has 0 bridgehead atoms. The summed E-state index contributed by atoms with van der Waals surface area (Å²) in [5.41, 5.74) is 6.93. The molecule has 0 spiro atoms. The first-order chi connectivity index (χ1) is 10.8. The van der Waals surface area contributed by atoms with E-state index in [9.17, 15) is 4.79 Å². The molecule has 1 unspecified atom stereocenters. The Labute approximate surface area is 129 Å². The molecule has 1 saturated heterocycles. The molecule has 2 heterocycles. The molecule has 2 N–H and O–H groups in total. The number of hydrogen-bond donors (Lipinski definition) is 1. The van der Waals surface area contributed by atoms with Crippen LogP contribution in [0.1, 0.15) is 11.6 Å². The van der Waals surface area contributed by atoms with Crippen LogP contribution in [0.25, 0.3) is 0 Å². The van der Waals surface area contributed by atoms with Crippen molar-refractivity contribution in [1.29, 1.82) is 0 Å². The van der Waals surface area contributed by atoms with Gasteiger partial charge in [-0.05, 0) is 11.6 Å². The summed E-state index contributed by atoms with van der Waals surface area (Å²) in [6, 6.07) is 10.7. The number of hydrogen-bond acceptors (Lipinski definition) is 5. The standard InChI is InChI=1S/C16H19N5O/c17-14(13-5-2-1-3-6-13)15(22)20-9-11-21(12-10-20)16-18-7-4-8-19-16/h1-8,14H,9-12,17H2. The molecule has 2 aromatic rings. The Morgan fingerprint density at radius 1 is 1.00 bits per heavy atom. The Bertz CT molecular complexity index is 611. The highest BCUT2D eigenvalue weighted by Gasteiger charge is 2.26. The number of anilines is 1. The fraction of sp³-hybridized carbons (Fsp3) is 0.312. The van der Waals surface area contributed by atoms with Gasteiger partial charge in [-0.15, -0.1) is 0 Å². The average Bonchev–Trinajstić information content (AvgIpc) is 2.62. The van der Waals surface area contributed by atoms with E-state index in [2.05, 4.69) is 14.9 Å². The van der Waals surface area contributed by atoms with E-state index in [-0.39, 0.29) is 5.91 Å². The van der Waals surface area contributed by atoms with Gasteiger partial charge in [-0.2, -0.15) is 0 Å². The third-order valence-corrected chi connectivity index (χ3v) is 3.85. The van der Waals surface area contributed by atoms with E-state index in [1.165, 1.54) is 0 Å². The molecule has 0 saturated carbocycles. The van der Waals surface area contributed by atoms with Gasteiger partial charge in [-0.25, -0.2) is 9.97 Å². The fourth-order valence-electron chi connectivity index (χ4n) is 2.58. The van der Waals surface area contributed by atoms with Gasteiger partial charge in [0.1, 0.15) is 6.04 Å². The van der Waals surface area contributed by atoms with Crippen LogP contribution in [0.3, 0.4) is 0 Å². The maximum atomic E-state index is 12.5. The normalized spacial score (nSPS) is 16.4. The minimum absolute atomic E-state index is 0.0279. The predicted molar refractivity (Wildman–Crippen MR) is 84.2 cm³/mol. The van der Waals surface area contributed by atoms with E-state index >= 15 is 0 Å². The smallest absolute Gasteiger partial charge is 0.244 e. The van der Waals surface area contributed by atoms with Gasteiger partial charge < -0.3 is 15.5 Å². The van der Waals surface area contributed by atoms with E-state index in [1.54, 1.807) is 18.5 Å². The van der Waals surface area contributed by atoms with Gasteiger partial charge in [0.15, 0.2) is 0 Å². The van der Waals surface area contributed by atoms with Crippen molar-refractivity contribution in [3.8, 4) is 0 Å². The van der Waals surface area contributed by atoms with Crippen LogP contribution in [-0.2, 0) is 4.79 Å². The maximum absolute atomic E-state index is 12.5. The van der Waals surface area contributed by atoms with Gasteiger partial charge in [0.2, 0.25) is 11.9 Å². The third-order valence-electron chi connectivity index (χ3n) is 3.85. The second-order valence-corrected chi connectivity index (χ2v) is 5.25. The first-order valence-corrected chi connectivity index (χ1v) is 7.37. The van der Waals surface area contributed by atoms with Crippen molar-refractivity contribution in [2.45, 2.75) is 6.04 Å². The van der Waals surface area contributed by atoms with Gasteiger partial charge in [0, 0.05) is 38.6 Å². The van der Waals surface area contributed by atoms with E-state index < -0.39 is 6.04 Å². The molecule has 1 atom stereocenters. The highest BCUT2D eigenvalue weighted by molar-refractivity contribution is 5.83. The maximum Gasteiger partial charge on any atom is 0.244 e. The molecule has 1 fully saturated rings. The van der Waals surface area contributed by atoms with Crippen LogP contribution in [0.4, 0.5) is 5.95 Å². The van der Waals surface area contributed by atoms with Crippen LogP contribution in [0.15, 0.2) is 48.8 Å². The van der Waals surface area contributed by atoms with Crippen molar-refractivity contribution in [3.63, 3.8) is 0 Å². The highest BCUT2D eigenvalue weighted by Crippen LogP contribution is 2.16. The van der Waals surface area contributed by atoms with Gasteiger partial charge >= 0.3 is 0 Å². The molecule has 3 rings (SSSR count). The van der Waals surface area contributed by atoms with Crippen LogP contribution < -0.4 is 10.6 Å². The summed E-state index contributed by atoms with van der Waals surface area (Å²) in [5, 5.41) is 0. The van der Waals surface area contributed by atoms with Crippen molar-refractivity contribution < 1.29 is 4.79 Å². The molecule has 1 aliphatic rings. The highest BCUT2D eigenvalue weighted by atomic mass is 16.2. The minimum Gasteiger partial charge on any atom is -0.337 e. The van der Waals surface area contributed by atoms with Crippen molar-refractivity contribution in [3.05, 3.63) is 54.4 Å².